The molecule has 0 bridgehead atoms. The van der Waals surface area contributed by atoms with Gasteiger partial charge in [-0.25, -0.2) is 0 Å². The number of hydrogen-bond donors (Lipinski definition) is 2. The first-order chi connectivity index (χ1) is 9.56. The normalized spacial score (nSPS) is 19.6. The average molecular weight is 389 g/mol. The van der Waals surface area contributed by atoms with E-state index in [0.717, 1.165) is 16.4 Å². The zero-order valence-electron chi connectivity index (χ0n) is 10.8. The van der Waals surface area contributed by atoms with Crippen molar-refractivity contribution in [1.29, 1.82) is 0 Å². The molecule has 2 N–H and O–H groups in total. The number of hydrogen-bond acceptors (Lipinski definition) is 3. The minimum Gasteiger partial charge on any atom is -0.481 e. The maximum absolute atomic E-state index is 12.3. The molecule has 1 fully saturated rings. The number of ether oxygens (including phenoxy) is 1. The van der Waals surface area contributed by atoms with E-state index in [0.29, 0.717) is 12.3 Å². The fraction of sp³-hybridized carbons (Fsp3) is 0.429. The van der Waals surface area contributed by atoms with Crippen molar-refractivity contribution in [2.75, 3.05) is 11.9 Å². The fourth-order valence-corrected chi connectivity index (χ4v) is 2.63. The highest BCUT2D eigenvalue weighted by atomic mass is 127. The van der Waals surface area contributed by atoms with E-state index in [1.54, 1.807) is 12.1 Å². The quantitative estimate of drug-likeness (QED) is 0.759. The summed E-state index contributed by atoms with van der Waals surface area (Å²) in [6, 6.07) is 7.36. The molecule has 0 spiro atoms. The van der Waals surface area contributed by atoms with Gasteiger partial charge in [0.05, 0.1) is 18.4 Å². The minimum absolute atomic E-state index is 0.207. The van der Waals surface area contributed by atoms with Crippen LogP contribution in [0.5, 0.6) is 0 Å². The molecule has 1 heterocycles. The lowest BCUT2D eigenvalue weighted by Crippen LogP contribution is -2.34. The van der Waals surface area contributed by atoms with Crippen LogP contribution < -0.4 is 5.32 Å². The van der Waals surface area contributed by atoms with Gasteiger partial charge in [-0.15, -0.1) is 0 Å². The third-order valence-electron chi connectivity index (χ3n) is 3.26. The van der Waals surface area contributed by atoms with Gasteiger partial charge in [-0.05, 0) is 59.7 Å². The lowest BCUT2D eigenvalue weighted by Gasteiger charge is -2.20. The molecule has 1 saturated heterocycles. The van der Waals surface area contributed by atoms with Gasteiger partial charge in [-0.3, -0.25) is 9.59 Å². The molecule has 2 atom stereocenters. The van der Waals surface area contributed by atoms with Crippen LogP contribution in [0.15, 0.2) is 24.3 Å². The molecule has 1 aromatic carbocycles. The van der Waals surface area contributed by atoms with Crippen molar-refractivity contribution in [3.63, 3.8) is 0 Å². The number of carboxylic acids is 1. The Morgan fingerprint density at radius 3 is 2.65 bits per heavy atom. The lowest BCUT2D eigenvalue weighted by molar-refractivity contribution is -0.142. The molecule has 1 aromatic rings. The number of nitrogens with one attached hydrogen (secondary N) is 1. The van der Waals surface area contributed by atoms with Gasteiger partial charge in [0.1, 0.15) is 0 Å². The van der Waals surface area contributed by atoms with Crippen LogP contribution in [0.1, 0.15) is 19.3 Å². The molecule has 0 aliphatic carbocycles. The Bertz CT molecular complexity index is 482. The van der Waals surface area contributed by atoms with E-state index in [1.165, 1.54) is 0 Å². The molecule has 20 heavy (non-hydrogen) atoms. The summed E-state index contributed by atoms with van der Waals surface area (Å²) in [5.74, 6) is -1.92. The van der Waals surface area contributed by atoms with Crippen molar-refractivity contribution < 1.29 is 19.4 Å². The fourth-order valence-electron chi connectivity index (χ4n) is 2.27. The van der Waals surface area contributed by atoms with Crippen LogP contribution >= 0.6 is 22.6 Å². The van der Waals surface area contributed by atoms with Crippen molar-refractivity contribution in [1.82, 2.24) is 0 Å². The van der Waals surface area contributed by atoms with Gasteiger partial charge >= 0.3 is 5.97 Å². The van der Waals surface area contributed by atoms with E-state index in [9.17, 15) is 9.59 Å². The van der Waals surface area contributed by atoms with Crippen LogP contribution in [-0.2, 0) is 14.3 Å². The summed E-state index contributed by atoms with van der Waals surface area (Å²) in [6.45, 7) is 0.595. The maximum Gasteiger partial charge on any atom is 0.304 e. The van der Waals surface area contributed by atoms with Crippen LogP contribution in [-0.4, -0.2) is 29.7 Å². The van der Waals surface area contributed by atoms with Gasteiger partial charge in [-0.1, -0.05) is 0 Å². The van der Waals surface area contributed by atoms with Crippen LogP contribution in [0.4, 0.5) is 5.69 Å². The Kier molecular flexibility index (Phi) is 5.36. The highest BCUT2D eigenvalue weighted by molar-refractivity contribution is 14.1. The SMILES string of the molecule is O=C(O)C[C@@H](C(=O)Nc1ccc(I)cc1)[C@@H]1CCCO1. The third kappa shape index (κ3) is 4.17. The molecule has 1 amide bonds. The number of aliphatic carboxylic acids is 1. The largest absolute Gasteiger partial charge is 0.481 e. The molecule has 1 aliphatic heterocycles. The second-order valence-corrected chi connectivity index (χ2v) is 6.00. The molecule has 108 valence electrons. The Morgan fingerprint density at radius 1 is 1.40 bits per heavy atom. The van der Waals surface area contributed by atoms with Gasteiger partial charge in [0, 0.05) is 15.9 Å². The molecule has 0 aromatic heterocycles. The Hall–Kier alpha value is -1.15. The first kappa shape index (κ1) is 15.2. The number of carboxylic acid groups (broad SMARTS) is 1. The summed E-state index contributed by atoms with van der Waals surface area (Å²) in [5, 5.41) is 11.7. The summed E-state index contributed by atoms with van der Waals surface area (Å²) in [5.41, 5.74) is 0.670. The van der Waals surface area contributed by atoms with Crippen molar-refractivity contribution in [3.05, 3.63) is 27.8 Å². The number of rotatable bonds is 5. The average Bonchev–Trinajstić information content (AvgIpc) is 2.92. The maximum atomic E-state index is 12.3. The summed E-state index contributed by atoms with van der Waals surface area (Å²) >= 11 is 2.18. The van der Waals surface area contributed by atoms with E-state index < -0.39 is 11.9 Å². The van der Waals surface area contributed by atoms with E-state index in [-0.39, 0.29) is 18.4 Å². The van der Waals surface area contributed by atoms with E-state index >= 15 is 0 Å². The third-order valence-corrected chi connectivity index (χ3v) is 3.98. The van der Waals surface area contributed by atoms with E-state index in [1.807, 2.05) is 12.1 Å². The number of carbonyl (C=O) groups excluding carboxylic acids is 1. The topological polar surface area (TPSA) is 75.6 Å². The first-order valence-electron chi connectivity index (χ1n) is 6.46. The zero-order chi connectivity index (χ0) is 14.5. The second kappa shape index (κ2) is 7.03. The van der Waals surface area contributed by atoms with Gasteiger partial charge < -0.3 is 15.2 Å². The Morgan fingerprint density at radius 2 is 2.10 bits per heavy atom. The molecule has 2 rings (SSSR count). The van der Waals surface area contributed by atoms with Crippen LogP contribution in [0.2, 0.25) is 0 Å². The monoisotopic (exact) mass is 389 g/mol. The van der Waals surface area contributed by atoms with Gasteiger partial charge in [0.25, 0.3) is 0 Å². The van der Waals surface area contributed by atoms with E-state index in [2.05, 4.69) is 27.9 Å². The summed E-state index contributed by atoms with van der Waals surface area (Å²) in [7, 11) is 0. The molecular weight excluding hydrogens is 373 g/mol. The number of amides is 1. The van der Waals surface area contributed by atoms with Crippen molar-refractivity contribution in [3.8, 4) is 0 Å². The minimum atomic E-state index is -0.983. The molecule has 0 radical (unpaired) electrons. The predicted octanol–water partition coefficient (Wildman–Crippen LogP) is 2.50. The molecule has 0 unspecified atom stereocenters. The second-order valence-electron chi connectivity index (χ2n) is 4.75. The Labute approximate surface area is 130 Å². The summed E-state index contributed by atoms with van der Waals surface area (Å²) in [6.07, 6.45) is 1.10. The van der Waals surface area contributed by atoms with Crippen molar-refractivity contribution >= 4 is 40.2 Å². The smallest absolute Gasteiger partial charge is 0.304 e. The predicted molar refractivity (Wildman–Crippen MR) is 82.5 cm³/mol. The van der Waals surface area contributed by atoms with Gasteiger partial charge in [0.2, 0.25) is 5.91 Å². The summed E-state index contributed by atoms with van der Waals surface area (Å²) < 4.78 is 6.54. The number of carbonyl (C=O) groups is 2. The number of benzene rings is 1. The standard InChI is InChI=1S/C14H16INO4/c15-9-3-5-10(6-4-9)16-14(19)11(8-13(17)18)12-2-1-7-20-12/h3-6,11-12H,1-2,7-8H2,(H,16,19)(H,17,18)/t11-,12+/m1/s1. The van der Waals surface area contributed by atoms with E-state index in [4.69, 9.17) is 9.84 Å². The molecule has 0 saturated carbocycles. The Balaban J connectivity index is 2.05. The molecule has 5 nitrogen and oxygen atoms in total. The number of anilines is 1. The van der Waals surface area contributed by atoms with Gasteiger partial charge in [0.15, 0.2) is 0 Å². The van der Waals surface area contributed by atoms with Crippen molar-refractivity contribution in [2.45, 2.75) is 25.4 Å². The first-order valence-corrected chi connectivity index (χ1v) is 7.54. The summed E-state index contributed by atoms with van der Waals surface area (Å²) in [4.78, 5) is 23.2. The highest BCUT2D eigenvalue weighted by Gasteiger charge is 2.33. The highest BCUT2D eigenvalue weighted by Crippen LogP contribution is 2.24. The molecular formula is C14H16INO4. The molecule has 1 aliphatic rings. The van der Waals surface area contributed by atoms with Crippen LogP contribution in [0.25, 0.3) is 0 Å². The zero-order valence-corrected chi connectivity index (χ0v) is 13.0. The van der Waals surface area contributed by atoms with Gasteiger partial charge in [-0.2, -0.15) is 0 Å². The van der Waals surface area contributed by atoms with Crippen LogP contribution in [0.3, 0.4) is 0 Å². The van der Waals surface area contributed by atoms with Crippen molar-refractivity contribution in [2.24, 2.45) is 5.92 Å². The number of halogens is 1. The molecule has 6 heteroatoms. The lowest BCUT2D eigenvalue weighted by atomic mass is 9.95. The van der Waals surface area contributed by atoms with Crippen LogP contribution in [0, 0.1) is 9.49 Å².